The van der Waals surface area contributed by atoms with E-state index in [2.05, 4.69) is 11.3 Å². The minimum absolute atomic E-state index is 0.292. The SMILES string of the molecule is C=CC(=O)OC(F)CC(F)(F)C(F)CCCC. The van der Waals surface area contributed by atoms with Crippen molar-refractivity contribution in [3.05, 3.63) is 12.7 Å². The topological polar surface area (TPSA) is 26.3 Å². The molecule has 0 aromatic carbocycles. The van der Waals surface area contributed by atoms with Crippen molar-refractivity contribution in [1.29, 1.82) is 0 Å². The van der Waals surface area contributed by atoms with Gasteiger partial charge in [-0.3, -0.25) is 0 Å². The number of esters is 1. The number of carbonyl (C=O) groups excluding carboxylic acids is 1. The molecule has 0 heterocycles. The highest BCUT2D eigenvalue weighted by molar-refractivity contribution is 5.81. The molecule has 6 heteroatoms. The number of carbonyl (C=O) groups is 1. The fourth-order valence-electron chi connectivity index (χ4n) is 1.15. The Morgan fingerprint density at radius 3 is 2.53 bits per heavy atom. The zero-order valence-electron chi connectivity index (χ0n) is 9.60. The molecule has 0 radical (unpaired) electrons. The first-order chi connectivity index (χ1) is 7.83. The van der Waals surface area contributed by atoms with Crippen molar-refractivity contribution in [2.75, 3.05) is 0 Å². The molecular formula is C11H16F4O2. The third-order valence-electron chi connectivity index (χ3n) is 2.11. The van der Waals surface area contributed by atoms with Crippen LogP contribution in [0.5, 0.6) is 0 Å². The van der Waals surface area contributed by atoms with Crippen molar-refractivity contribution in [3.8, 4) is 0 Å². The third-order valence-corrected chi connectivity index (χ3v) is 2.11. The van der Waals surface area contributed by atoms with E-state index in [4.69, 9.17) is 0 Å². The molecule has 0 rings (SSSR count). The van der Waals surface area contributed by atoms with Crippen LogP contribution in [0.4, 0.5) is 17.6 Å². The molecular weight excluding hydrogens is 240 g/mol. The largest absolute Gasteiger partial charge is 0.428 e. The first kappa shape index (κ1) is 15.9. The lowest BCUT2D eigenvalue weighted by atomic mass is 10.1. The molecule has 0 amide bonds. The van der Waals surface area contributed by atoms with Gasteiger partial charge in [0.05, 0.1) is 6.42 Å². The van der Waals surface area contributed by atoms with Crippen LogP contribution in [0.15, 0.2) is 12.7 Å². The van der Waals surface area contributed by atoms with E-state index in [1.165, 1.54) is 0 Å². The predicted octanol–water partition coefficient (Wildman–Crippen LogP) is 3.56. The Hall–Kier alpha value is -1.07. The van der Waals surface area contributed by atoms with Gasteiger partial charge in [0.1, 0.15) is 0 Å². The molecule has 0 fully saturated rings. The van der Waals surface area contributed by atoms with E-state index in [-0.39, 0.29) is 6.42 Å². The van der Waals surface area contributed by atoms with E-state index in [1.54, 1.807) is 6.92 Å². The summed E-state index contributed by atoms with van der Waals surface area (Å²) in [6.45, 7) is 4.71. The van der Waals surface area contributed by atoms with Crippen LogP contribution in [-0.2, 0) is 9.53 Å². The minimum Gasteiger partial charge on any atom is -0.428 e. The molecule has 0 spiro atoms. The monoisotopic (exact) mass is 256 g/mol. The summed E-state index contributed by atoms with van der Waals surface area (Å²) < 4.78 is 56.1. The lowest BCUT2D eigenvalue weighted by Crippen LogP contribution is -2.34. The second-order valence-electron chi connectivity index (χ2n) is 3.63. The van der Waals surface area contributed by atoms with Crippen molar-refractivity contribution in [3.63, 3.8) is 0 Å². The van der Waals surface area contributed by atoms with Crippen LogP contribution in [0.1, 0.15) is 32.6 Å². The zero-order valence-corrected chi connectivity index (χ0v) is 9.60. The Kier molecular flexibility index (Phi) is 6.83. The molecule has 2 nitrogen and oxygen atoms in total. The molecule has 0 saturated heterocycles. The number of rotatable bonds is 8. The van der Waals surface area contributed by atoms with Gasteiger partial charge in [-0.25, -0.2) is 22.4 Å². The molecule has 0 aliphatic rings. The maximum Gasteiger partial charge on any atom is 0.332 e. The van der Waals surface area contributed by atoms with Crippen LogP contribution >= 0.6 is 0 Å². The fourth-order valence-corrected chi connectivity index (χ4v) is 1.15. The minimum atomic E-state index is -3.84. The number of unbranched alkanes of at least 4 members (excludes halogenated alkanes) is 1. The summed E-state index contributed by atoms with van der Waals surface area (Å²) in [6.07, 6.45) is -5.27. The van der Waals surface area contributed by atoms with Crippen LogP contribution < -0.4 is 0 Å². The summed E-state index contributed by atoms with van der Waals surface area (Å²) in [6, 6.07) is 0. The number of hydrogen-bond donors (Lipinski definition) is 0. The van der Waals surface area contributed by atoms with Crippen molar-refractivity contribution >= 4 is 5.97 Å². The summed E-state index contributed by atoms with van der Waals surface area (Å²) in [5.74, 6) is -4.99. The van der Waals surface area contributed by atoms with Gasteiger partial charge in [-0.15, -0.1) is 0 Å². The van der Waals surface area contributed by atoms with Gasteiger partial charge in [-0.05, 0) is 6.42 Å². The number of halogens is 4. The summed E-state index contributed by atoms with van der Waals surface area (Å²) in [4.78, 5) is 10.5. The standard InChI is InChI=1S/C11H16F4O2/c1-3-5-6-8(12)11(14,15)7-9(13)17-10(16)4-2/h4,8-9H,2-3,5-7H2,1H3. The highest BCUT2D eigenvalue weighted by atomic mass is 19.3. The quantitative estimate of drug-likeness (QED) is 0.377. The van der Waals surface area contributed by atoms with Gasteiger partial charge in [-0.2, -0.15) is 0 Å². The first-order valence-corrected chi connectivity index (χ1v) is 5.32. The van der Waals surface area contributed by atoms with Gasteiger partial charge in [0.15, 0.2) is 6.17 Å². The van der Waals surface area contributed by atoms with Gasteiger partial charge in [0, 0.05) is 6.08 Å². The Morgan fingerprint density at radius 1 is 1.47 bits per heavy atom. The molecule has 2 atom stereocenters. The molecule has 0 aliphatic heterocycles. The van der Waals surface area contributed by atoms with Crippen molar-refractivity contribution in [2.24, 2.45) is 0 Å². The molecule has 0 aliphatic carbocycles. The predicted molar refractivity (Wildman–Crippen MR) is 55.2 cm³/mol. The second kappa shape index (κ2) is 7.29. The average Bonchev–Trinajstić information content (AvgIpc) is 2.24. The van der Waals surface area contributed by atoms with Crippen molar-refractivity contribution < 1.29 is 27.1 Å². The van der Waals surface area contributed by atoms with Crippen LogP contribution in [0.3, 0.4) is 0 Å². The molecule has 0 aromatic heterocycles. The summed E-state index contributed by atoms with van der Waals surface area (Å²) in [5.41, 5.74) is 0. The number of hydrogen-bond acceptors (Lipinski definition) is 2. The van der Waals surface area contributed by atoms with Crippen LogP contribution in [0.2, 0.25) is 0 Å². The van der Waals surface area contributed by atoms with E-state index < -0.39 is 30.8 Å². The van der Waals surface area contributed by atoms with E-state index in [9.17, 15) is 22.4 Å². The van der Waals surface area contributed by atoms with Gasteiger partial charge in [0.2, 0.25) is 6.36 Å². The Balaban J connectivity index is 4.21. The van der Waals surface area contributed by atoms with E-state index in [0.29, 0.717) is 18.9 Å². The van der Waals surface area contributed by atoms with Crippen molar-refractivity contribution in [2.45, 2.75) is 51.1 Å². The fraction of sp³-hybridized carbons (Fsp3) is 0.727. The number of alkyl halides is 4. The summed E-state index contributed by atoms with van der Waals surface area (Å²) in [7, 11) is 0. The number of ether oxygens (including phenoxy) is 1. The smallest absolute Gasteiger partial charge is 0.332 e. The molecule has 100 valence electrons. The van der Waals surface area contributed by atoms with Crippen molar-refractivity contribution in [1.82, 2.24) is 0 Å². The molecule has 0 aromatic rings. The molecule has 2 unspecified atom stereocenters. The van der Waals surface area contributed by atoms with Crippen LogP contribution in [0.25, 0.3) is 0 Å². The lowest BCUT2D eigenvalue weighted by molar-refractivity contribution is -0.168. The Bertz CT molecular complexity index is 256. The first-order valence-electron chi connectivity index (χ1n) is 5.32. The second-order valence-corrected chi connectivity index (χ2v) is 3.63. The molecule has 0 saturated carbocycles. The average molecular weight is 256 g/mol. The Labute approximate surface area is 97.6 Å². The molecule has 0 N–H and O–H groups in total. The van der Waals surface area contributed by atoms with Gasteiger partial charge in [0.25, 0.3) is 5.92 Å². The summed E-state index contributed by atoms with van der Waals surface area (Å²) >= 11 is 0. The van der Waals surface area contributed by atoms with Crippen LogP contribution in [0, 0.1) is 0 Å². The van der Waals surface area contributed by atoms with E-state index in [1.807, 2.05) is 0 Å². The zero-order chi connectivity index (χ0) is 13.5. The molecule has 0 bridgehead atoms. The van der Waals surface area contributed by atoms with Crippen LogP contribution in [-0.4, -0.2) is 24.4 Å². The maximum absolute atomic E-state index is 13.1. The normalized spacial score (nSPS) is 15.1. The van der Waals surface area contributed by atoms with E-state index in [0.717, 1.165) is 0 Å². The lowest BCUT2D eigenvalue weighted by Gasteiger charge is -2.21. The highest BCUT2D eigenvalue weighted by Gasteiger charge is 2.42. The van der Waals surface area contributed by atoms with Gasteiger partial charge in [-0.1, -0.05) is 26.3 Å². The maximum atomic E-state index is 13.1. The Morgan fingerprint density at radius 2 is 2.06 bits per heavy atom. The van der Waals surface area contributed by atoms with E-state index >= 15 is 0 Å². The summed E-state index contributed by atoms with van der Waals surface area (Å²) in [5, 5.41) is 0. The highest BCUT2D eigenvalue weighted by Crippen LogP contribution is 2.31. The molecule has 17 heavy (non-hydrogen) atoms. The van der Waals surface area contributed by atoms with Gasteiger partial charge >= 0.3 is 5.97 Å². The van der Waals surface area contributed by atoms with Gasteiger partial charge < -0.3 is 4.74 Å². The third kappa shape index (κ3) is 6.28.